The summed E-state index contributed by atoms with van der Waals surface area (Å²) >= 11 is 4.04. The highest BCUT2D eigenvalue weighted by atomic mass is 32.1. The summed E-state index contributed by atoms with van der Waals surface area (Å²) in [5.41, 5.74) is 0.909. The Bertz CT molecular complexity index is 361. The zero-order valence-electron chi connectivity index (χ0n) is 8.05. The fraction of sp³-hybridized carbons (Fsp3) is 0.200. The molecule has 0 amide bonds. The van der Waals surface area contributed by atoms with E-state index in [1.807, 2.05) is 0 Å². The molecule has 5 heteroatoms. The van der Waals surface area contributed by atoms with Gasteiger partial charge in [0.2, 0.25) is 0 Å². The molecule has 4 nitrogen and oxygen atoms in total. The molecule has 0 aliphatic rings. The second-order valence-corrected chi connectivity index (χ2v) is 3.26. The number of benzene rings is 1. The number of rotatable bonds is 5. The quantitative estimate of drug-likeness (QED) is 0.362. The number of thiol groups is 1. The van der Waals surface area contributed by atoms with Gasteiger partial charge in [-0.1, -0.05) is 6.58 Å². The molecule has 0 N–H and O–H groups in total. The Kier molecular flexibility index (Phi) is 4.17. The molecular formula is C10H11NO3S. The van der Waals surface area contributed by atoms with Crippen LogP contribution in [0, 0.1) is 10.1 Å². The molecule has 0 heterocycles. The van der Waals surface area contributed by atoms with Crippen LogP contribution in [0.2, 0.25) is 0 Å². The Balaban J connectivity index is 2.57. The zero-order valence-corrected chi connectivity index (χ0v) is 8.94. The number of hydrogen-bond donors (Lipinski definition) is 1. The lowest BCUT2D eigenvalue weighted by atomic mass is 10.3. The number of ether oxygens (including phenoxy) is 1. The average molecular weight is 225 g/mol. The van der Waals surface area contributed by atoms with E-state index < -0.39 is 4.92 Å². The minimum Gasteiger partial charge on any atom is -0.489 e. The van der Waals surface area contributed by atoms with E-state index in [1.54, 1.807) is 12.1 Å². The van der Waals surface area contributed by atoms with Gasteiger partial charge in [0, 0.05) is 17.9 Å². The maximum atomic E-state index is 10.4. The molecule has 0 spiro atoms. The number of nitro groups is 1. The van der Waals surface area contributed by atoms with Crippen molar-refractivity contribution in [1.29, 1.82) is 0 Å². The standard InChI is InChI=1S/C10H11NO3S/c1-8(7-15)6-14-10-4-2-9(3-5-10)11(12)13/h2-5,15H,1,6-7H2. The van der Waals surface area contributed by atoms with E-state index in [9.17, 15) is 10.1 Å². The molecule has 15 heavy (non-hydrogen) atoms. The number of hydrogen-bond acceptors (Lipinski definition) is 4. The van der Waals surface area contributed by atoms with Crippen LogP contribution in [-0.4, -0.2) is 17.3 Å². The van der Waals surface area contributed by atoms with Gasteiger partial charge in [-0.15, -0.1) is 0 Å². The van der Waals surface area contributed by atoms with Crippen LogP contribution in [0.15, 0.2) is 36.4 Å². The van der Waals surface area contributed by atoms with E-state index in [2.05, 4.69) is 19.2 Å². The maximum absolute atomic E-state index is 10.4. The Hall–Kier alpha value is -1.49. The van der Waals surface area contributed by atoms with Gasteiger partial charge in [0.25, 0.3) is 5.69 Å². The van der Waals surface area contributed by atoms with Gasteiger partial charge in [-0.3, -0.25) is 10.1 Å². The summed E-state index contributed by atoms with van der Waals surface area (Å²) in [5.74, 6) is 1.15. The molecule has 0 fully saturated rings. The molecule has 1 aromatic rings. The molecule has 0 unspecified atom stereocenters. The van der Waals surface area contributed by atoms with Gasteiger partial charge in [-0.2, -0.15) is 12.6 Å². The van der Waals surface area contributed by atoms with Crippen LogP contribution in [0.1, 0.15) is 0 Å². The van der Waals surface area contributed by atoms with Crippen molar-refractivity contribution in [1.82, 2.24) is 0 Å². The van der Waals surface area contributed by atoms with Gasteiger partial charge in [0.15, 0.2) is 0 Å². The van der Waals surface area contributed by atoms with E-state index in [0.717, 1.165) is 5.57 Å². The van der Waals surface area contributed by atoms with Gasteiger partial charge in [0.1, 0.15) is 12.4 Å². The number of non-ortho nitro benzene ring substituents is 1. The first-order chi connectivity index (χ1) is 7.13. The maximum Gasteiger partial charge on any atom is 0.269 e. The van der Waals surface area contributed by atoms with Gasteiger partial charge < -0.3 is 4.74 Å². The Labute approximate surface area is 93.1 Å². The largest absolute Gasteiger partial charge is 0.489 e. The Morgan fingerprint density at radius 2 is 2.07 bits per heavy atom. The topological polar surface area (TPSA) is 52.4 Å². The molecule has 1 rings (SSSR count). The highest BCUT2D eigenvalue weighted by Crippen LogP contribution is 2.17. The van der Waals surface area contributed by atoms with Crippen LogP contribution >= 0.6 is 12.6 Å². The minimum absolute atomic E-state index is 0.0513. The second kappa shape index (κ2) is 5.41. The first-order valence-corrected chi connectivity index (χ1v) is 4.91. The van der Waals surface area contributed by atoms with E-state index in [1.165, 1.54) is 12.1 Å². The normalized spacial score (nSPS) is 9.67. The number of nitrogens with zero attached hydrogens (tertiary/aromatic N) is 1. The van der Waals surface area contributed by atoms with Crippen LogP contribution in [0.3, 0.4) is 0 Å². The van der Waals surface area contributed by atoms with Crippen molar-refractivity contribution >= 4 is 18.3 Å². The van der Waals surface area contributed by atoms with Gasteiger partial charge in [-0.25, -0.2) is 0 Å². The zero-order chi connectivity index (χ0) is 11.3. The van der Waals surface area contributed by atoms with E-state index in [-0.39, 0.29) is 5.69 Å². The van der Waals surface area contributed by atoms with Crippen molar-refractivity contribution < 1.29 is 9.66 Å². The third-order valence-electron chi connectivity index (χ3n) is 1.71. The smallest absolute Gasteiger partial charge is 0.269 e. The third kappa shape index (κ3) is 3.63. The van der Waals surface area contributed by atoms with Crippen molar-refractivity contribution in [2.24, 2.45) is 0 Å². The van der Waals surface area contributed by atoms with Crippen LogP contribution in [0.4, 0.5) is 5.69 Å². The molecule has 0 atom stereocenters. The predicted octanol–water partition coefficient (Wildman–Crippen LogP) is 2.46. The lowest BCUT2D eigenvalue weighted by Gasteiger charge is -2.05. The van der Waals surface area contributed by atoms with Crippen molar-refractivity contribution in [3.8, 4) is 5.75 Å². The van der Waals surface area contributed by atoms with Crippen molar-refractivity contribution in [2.45, 2.75) is 0 Å². The third-order valence-corrected chi connectivity index (χ3v) is 2.16. The van der Waals surface area contributed by atoms with E-state index in [0.29, 0.717) is 18.1 Å². The Morgan fingerprint density at radius 1 is 1.47 bits per heavy atom. The predicted molar refractivity (Wildman–Crippen MR) is 61.6 cm³/mol. The summed E-state index contributed by atoms with van der Waals surface area (Å²) in [4.78, 5) is 9.92. The minimum atomic E-state index is -0.448. The number of nitro benzene ring substituents is 1. The van der Waals surface area contributed by atoms with Crippen molar-refractivity contribution in [2.75, 3.05) is 12.4 Å². The fourth-order valence-corrected chi connectivity index (χ4v) is 0.986. The fourth-order valence-electron chi connectivity index (χ4n) is 0.895. The molecule has 80 valence electrons. The first kappa shape index (κ1) is 11.6. The molecule has 0 saturated heterocycles. The lowest BCUT2D eigenvalue weighted by molar-refractivity contribution is -0.384. The average Bonchev–Trinajstić information content (AvgIpc) is 2.26. The summed E-state index contributed by atoms with van der Waals surface area (Å²) in [7, 11) is 0. The SMILES string of the molecule is C=C(CS)COc1ccc([N+](=O)[O-])cc1. The van der Waals surface area contributed by atoms with Crippen molar-refractivity contribution in [3.63, 3.8) is 0 Å². The molecule has 0 aliphatic carbocycles. The second-order valence-electron chi connectivity index (χ2n) is 2.95. The highest BCUT2D eigenvalue weighted by Gasteiger charge is 2.04. The van der Waals surface area contributed by atoms with Crippen LogP contribution in [-0.2, 0) is 0 Å². The summed E-state index contributed by atoms with van der Waals surface area (Å²) in [6.45, 7) is 4.10. The summed E-state index contributed by atoms with van der Waals surface area (Å²) in [5, 5.41) is 10.4. The first-order valence-electron chi connectivity index (χ1n) is 4.28. The van der Waals surface area contributed by atoms with Gasteiger partial charge in [-0.05, 0) is 17.7 Å². The molecule has 1 aromatic carbocycles. The Morgan fingerprint density at radius 3 is 2.53 bits per heavy atom. The molecule has 0 bridgehead atoms. The van der Waals surface area contributed by atoms with Gasteiger partial charge >= 0.3 is 0 Å². The monoisotopic (exact) mass is 225 g/mol. The molecular weight excluding hydrogens is 214 g/mol. The van der Waals surface area contributed by atoms with Gasteiger partial charge in [0.05, 0.1) is 4.92 Å². The molecule has 0 radical (unpaired) electrons. The van der Waals surface area contributed by atoms with Crippen LogP contribution < -0.4 is 4.74 Å². The highest BCUT2D eigenvalue weighted by molar-refractivity contribution is 7.80. The van der Waals surface area contributed by atoms with Crippen LogP contribution in [0.5, 0.6) is 5.75 Å². The van der Waals surface area contributed by atoms with E-state index in [4.69, 9.17) is 4.74 Å². The van der Waals surface area contributed by atoms with Crippen molar-refractivity contribution in [3.05, 3.63) is 46.5 Å². The van der Waals surface area contributed by atoms with E-state index >= 15 is 0 Å². The van der Waals surface area contributed by atoms with Crippen LogP contribution in [0.25, 0.3) is 0 Å². The molecule has 0 aromatic heterocycles. The summed E-state index contributed by atoms with van der Waals surface area (Å²) in [6.07, 6.45) is 0. The molecule has 0 aliphatic heterocycles. The summed E-state index contributed by atoms with van der Waals surface area (Å²) < 4.78 is 5.32. The molecule has 0 saturated carbocycles. The lowest BCUT2D eigenvalue weighted by Crippen LogP contribution is -2.01. The summed E-state index contributed by atoms with van der Waals surface area (Å²) in [6, 6.07) is 5.92.